The molecule has 0 N–H and O–H groups in total. The lowest BCUT2D eigenvalue weighted by Gasteiger charge is -2.31. The number of aromatic nitrogens is 2. The smallest absolute Gasteiger partial charge is 0.266 e. The molecule has 0 saturated heterocycles. The summed E-state index contributed by atoms with van der Waals surface area (Å²) < 4.78 is 6.97. The first-order valence-electron chi connectivity index (χ1n) is 13.8. The zero-order chi connectivity index (χ0) is 26.8. The van der Waals surface area contributed by atoms with Gasteiger partial charge in [-0.15, -0.1) is 0 Å². The van der Waals surface area contributed by atoms with E-state index in [0.717, 1.165) is 36.1 Å². The van der Waals surface area contributed by atoms with Crippen molar-refractivity contribution in [3.8, 4) is 5.69 Å². The van der Waals surface area contributed by atoms with E-state index in [1.807, 2.05) is 61.2 Å². The average molecular weight is 506 g/mol. The maximum atomic E-state index is 13.8. The number of aryl methyl sites for hydroxylation is 2. The Hall–Kier alpha value is -2.99. The van der Waals surface area contributed by atoms with Crippen LogP contribution in [0.5, 0.6) is 0 Å². The van der Waals surface area contributed by atoms with E-state index in [0.29, 0.717) is 36.3 Å². The highest BCUT2D eigenvalue weighted by Crippen LogP contribution is 2.25. The third-order valence-electron chi connectivity index (χ3n) is 7.20. The van der Waals surface area contributed by atoms with Gasteiger partial charge in [-0.1, -0.05) is 57.2 Å². The minimum Gasteiger partial charge on any atom is -0.385 e. The summed E-state index contributed by atoms with van der Waals surface area (Å²) in [6, 6.07) is 13.1. The summed E-state index contributed by atoms with van der Waals surface area (Å²) in [6.45, 7) is 9.42. The second kappa shape index (κ2) is 14.1. The average Bonchev–Trinajstić information content (AvgIpc) is 2.90. The number of nitrogens with zero attached hydrogens (tertiary/aromatic N) is 3. The van der Waals surface area contributed by atoms with Crippen LogP contribution in [-0.2, 0) is 9.53 Å². The molecular formula is C31H43N3O3. The van der Waals surface area contributed by atoms with Gasteiger partial charge in [-0.25, -0.2) is 4.98 Å². The number of carbonyl (C=O) groups is 1. The molecule has 3 rings (SSSR count). The number of benzene rings is 2. The highest BCUT2D eigenvalue weighted by atomic mass is 16.5. The molecule has 1 atom stereocenters. The van der Waals surface area contributed by atoms with Crippen LogP contribution >= 0.6 is 0 Å². The van der Waals surface area contributed by atoms with Crippen molar-refractivity contribution in [3.63, 3.8) is 0 Å². The minimum atomic E-state index is -0.372. The fraction of sp³-hybridized carbons (Fsp3) is 0.516. The van der Waals surface area contributed by atoms with Crippen LogP contribution in [0.1, 0.15) is 88.2 Å². The van der Waals surface area contributed by atoms with Crippen LogP contribution in [0.25, 0.3) is 16.6 Å². The normalized spacial score (nSPS) is 12.1. The van der Waals surface area contributed by atoms with Crippen molar-refractivity contribution in [2.45, 2.75) is 85.1 Å². The molecule has 1 heterocycles. The van der Waals surface area contributed by atoms with Crippen molar-refractivity contribution in [1.29, 1.82) is 0 Å². The van der Waals surface area contributed by atoms with Crippen LogP contribution in [0, 0.1) is 13.8 Å². The Balaban J connectivity index is 2.00. The number of ether oxygens (including phenoxy) is 1. The molecule has 200 valence electrons. The van der Waals surface area contributed by atoms with Gasteiger partial charge in [0.2, 0.25) is 5.91 Å². The SMILES string of the molecule is CCCCCCCCC(=O)N(CCCOC)C(C)c1nc2ccccc2c(=O)n1-c1ccc(C)c(C)c1. The molecule has 1 amide bonds. The van der Waals surface area contributed by atoms with Crippen molar-refractivity contribution in [1.82, 2.24) is 14.5 Å². The molecule has 0 bridgehead atoms. The highest BCUT2D eigenvalue weighted by Gasteiger charge is 2.26. The fourth-order valence-corrected chi connectivity index (χ4v) is 4.80. The fourth-order valence-electron chi connectivity index (χ4n) is 4.80. The predicted octanol–water partition coefficient (Wildman–Crippen LogP) is 6.68. The molecule has 0 spiro atoms. The van der Waals surface area contributed by atoms with Gasteiger partial charge < -0.3 is 9.64 Å². The maximum absolute atomic E-state index is 13.8. The summed E-state index contributed by atoms with van der Waals surface area (Å²) in [7, 11) is 1.67. The lowest BCUT2D eigenvalue weighted by molar-refractivity contribution is -0.134. The number of rotatable bonds is 14. The third kappa shape index (κ3) is 7.29. The van der Waals surface area contributed by atoms with Crippen LogP contribution in [-0.4, -0.2) is 40.6 Å². The van der Waals surface area contributed by atoms with Gasteiger partial charge in [0.1, 0.15) is 5.82 Å². The molecule has 0 aliphatic carbocycles. The van der Waals surface area contributed by atoms with E-state index in [1.165, 1.54) is 25.7 Å². The number of unbranched alkanes of at least 4 members (excludes halogenated alkanes) is 5. The van der Waals surface area contributed by atoms with Gasteiger partial charge in [0.25, 0.3) is 5.56 Å². The van der Waals surface area contributed by atoms with Gasteiger partial charge in [-0.05, 0) is 69.0 Å². The van der Waals surface area contributed by atoms with Crippen LogP contribution in [0.3, 0.4) is 0 Å². The number of hydrogen-bond acceptors (Lipinski definition) is 4. The minimum absolute atomic E-state index is 0.105. The molecule has 6 nitrogen and oxygen atoms in total. The summed E-state index contributed by atoms with van der Waals surface area (Å²) in [5.74, 6) is 0.689. The molecule has 0 saturated carbocycles. The van der Waals surface area contributed by atoms with Crippen molar-refractivity contribution < 1.29 is 9.53 Å². The van der Waals surface area contributed by atoms with E-state index < -0.39 is 0 Å². The molecular weight excluding hydrogens is 462 g/mol. The van der Waals surface area contributed by atoms with Crippen LogP contribution < -0.4 is 5.56 Å². The number of hydrogen-bond donors (Lipinski definition) is 0. The summed E-state index contributed by atoms with van der Waals surface area (Å²) in [5.41, 5.74) is 3.57. The Kier molecular flexibility index (Phi) is 10.9. The van der Waals surface area contributed by atoms with E-state index >= 15 is 0 Å². The zero-order valence-electron chi connectivity index (χ0n) is 23.3. The van der Waals surface area contributed by atoms with Crippen molar-refractivity contribution in [2.75, 3.05) is 20.3 Å². The molecule has 2 aromatic carbocycles. The second-order valence-electron chi connectivity index (χ2n) is 10.0. The Bertz CT molecular complexity index is 1230. The standard InChI is InChI=1S/C31H43N3O3/c1-6-7-8-9-10-11-17-29(35)33(20-14-21-37-5)25(4)30-32-28-16-13-12-15-27(28)31(36)34(30)26-19-18-23(2)24(3)22-26/h12-13,15-16,18-19,22,25H,6-11,14,17,20-21H2,1-5H3. The highest BCUT2D eigenvalue weighted by molar-refractivity contribution is 5.79. The number of para-hydroxylation sites is 1. The quantitative estimate of drug-likeness (QED) is 0.229. The van der Waals surface area contributed by atoms with E-state index in [9.17, 15) is 9.59 Å². The largest absolute Gasteiger partial charge is 0.385 e. The molecule has 0 fully saturated rings. The van der Waals surface area contributed by atoms with Crippen LogP contribution in [0.15, 0.2) is 47.3 Å². The Morgan fingerprint density at radius 3 is 2.46 bits per heavy atom. The Morgan fingerprint density at radius 2 is 1.73 bits per heavy atom. The third-order valence-corrected chi connectivity index (χ3v) is 7.20. The second-order valence-corrected chi connectivity index (χ2v) is 10.0. The first-order chi connectivity index (χ1) is 17.9. The van der Waals surface area contributed by atoms with E-state index in [1.54, 1.807) is 11.7 Å². The van der Waals surface area contributed by atoms with E-state index in [4.69, 9.17) is 9.72 Å². The Morgan fingerprint density at radius 1 is 1.00 bits per heavy atom. The van der Waals surface area contributed by atoms with Crippen molar-refractivity contribution in [2.24, 2.45) is 0 Å². The zero-order valence-corrected chi connectivity index (χ0v) is 23.3. The number of amides is 1. The first-order valence-corrected chi connectivity index (χ1v) is 13.8. The molecule has 6 heteroatoms. The monoisotopic (exact) mass is 505 g/mol. The van der Waals surface area contributed by atoms with Gasteiger partial charge in [0.15, 0.2) is 0 Å². The number of methoxy groups -OCH3 is 1. The number of fused-ring (bicyclic) bond motifs is 1. The molecule has 1 aromatic heterocycles. The molecule has 1 unspecified atom stereocenters. The lowest BCUT2D eigenvalue weighted by Crippen LogP contribution is -2.38. The summed E-state index contributed by atoms with van der Waals surface area (Å²) in [6.07, 6.45) is 8.03. The van der Waals surface area contributed by atoms with Gasteiger partial charge in [-0.3, -0.25) is 14.2 Å². The van der Waals surface area contributed by atoms with Crippen LogP contribution in [0.4, 0.5) is 0 Å². The summed E-state index contributed by atoms with van der Waals surface area (Å²) in [5, 5.41) is 0.570. The molecule has 3 aromatic rings. The van der Waals surface area contributed by atoms with Gasteiger partial charge in [0, 0.05) is 26.7 Å². The molecule has 37 heavy (non-hydrogen) atoms. The van der Waals surface area contributed by atoms with E-state index in [-0.39, 0.29) is 17.5 Å². The summed E-state index contributed by atoms with van der Waals surface area (Å²) >= 11 is 0. The number of carbonyl (C=O) groups excluding carboxylic acids is 1. The van der Waals surface area contributed by atoms with Gasteiger partial charge >= 0.3 is 0 Å². The predicted molar refractivity (Wildman–Crippen MR) is 151 cm³/mol. The molecule has 0 radical (unpaired) electrons. The maximum Gasteiger partial charge on any atom is 0.266 e. The van der Waals surface area contributed by atoms with Crippen molar-refractivity contribution >= 4 is 16.8 Å². The van der Waals surface area contributed by atoms with Gasteiger partial charge in [0.05, 0.1) is 22.6 Å². The lowest BCUT2D eigenvalue weighted by atomic mass is 10.1. The molecule has 0 aliphatic rings. The van der Waals surface area contributed by atoms with Gasteiger partial charge in [-0.2, -0.15) is 0 Å². The topological polar surface area (TPSA) is 64.4 Å². The first kappa shape index (κ1) is 28.6. The Labute approximate surface area is 221 Å². The van der Waals surface area contributed by atoms with Crippen LogP contribution in [0.2, 0.25) is 0 Å². The summed E-state index contributed by atoms with van der Waals surface area (Å²) in [4.78, 5) is 34.2. The van der Waals surface area contributed by atoms with Crippen molar-refractivity contribution in [3.05, 3.63) is 69.8 Å². The molecule has 0 aliphatic heterocycles. The van der Waals surface area contributed by atoms with E-state index in [2.05, 4.69) is 13.8 Å².